The molecule has 132 valence electrons. The molecule has 0 saturated heterocycles. The SMILES string of the molecule is CC(C)(C)OC(=O)CCOCCOc1ccc2c(c1)CCCC2=O. The molecule has 5 heteroatoms. The molecule has 0 aliphatic heterocycles. The Morgan fingerprint density at radius 1 is 1.12 bits per heavy atom. The third kappa shape index (κ3) is 5.96. The predicted octanol–water partition coefficient (Wildman–Crippen LogP) is 3.33. The van der Waals surface area contributed by atoms with Crippen molar-refractivity contribution in [3.05, 3.63) is 29.3 Å². The third-order valence-corrected chi connectivity index (χ3v) is 3.59. The second-order valence-corrected chi connectivity index (χ2v) is 6.89. The first kappa shape index (κ1) is 18.5. The molecule has 0 saturated carbocycles. The van der Waals surface area contributed by atoms with Gasteiger partial charge >= 0.3 is 5.97 Å². The predicted molar refractivity (Wildman–Crippen MR) is 90.5 cm³/mol. The zero-order valence-corrected chi connectivity index (χ0v) is 14.7. The van der Waals surface area contributed by atoms with Crippen LogP contribution in [0.3, 0.4) is 0 Å². The van der Waals surface area contributed by atoms with Crippen molar-refractivity contribution in [1.29, 1.82) is 0 Å². The van der Waals surface area contributed by atoms with Crippen LogP contribution < -0.4 is 4.74 Å². The molecule has 0 heterocycles. The summed E-state index contributed by atoms with van der Waals surface area (Å²) in [6.45, 7) is 6.64. The summed E-state index contributed by atoms with van der Waals surface area (Å²) in [5, 5.41) is 0. The summed E-state index contributed by atoms with van der Waals surface area (Å²) >= 11 is 0. The van der Waals surface area contributed by atoms with E-state index in [1.54, 1.807) is 0 Å². The average Bonchev–Trinajstić information content (AvgIpc) is 2.49. The Morgan fingerprint density at radius 3 is 2.67 bits per heavy atom. The van der Waals surface area contributed by atoms with Crippen molar-refractivity contribution < 1.29 is 23.8 Å². The number of ketones is 1. The first-order valence-corrected chi connectivity index (χ1v) is 8.44. The summed E-state index contributed by atoms with van der Waals surface area (Å²) in [5.74, 6) is 0.704. The Hall–Kier alpha value is -1.88. The highest BCUT2D eigenvalue weighted by Gasteiger charge is 2.17. The summed E-state index contributed by atoms with van der Waals surface area (Å²) in [6, 6.07) is 5.60. The summed E-state index contributed by atoms with van der Waals surface area (Å²) in [7, 11) is 0. The molecule has 1 aliphatic carbocycles. The smallest absolute Gasteiger partial charge is 0.308 e. The van der Waals surface area contributed by atoms with Gasteiger partial charge < -0.3 is 14.2 Å². The molecule has 0 bridgehead atoms. The lowest BCUT2D eigenvalue weighted by Crippen LogP contribution is -2.24. The van der Waals surface area contributed by atoms with Crippen molar-refractivity contribution in [1.82, 2.24) is 0 Å². The molecular formula is C19H26O5. The highest BCUT2D eigenvalue weighted by molar-refractivity contribution is 5.98. The Balaban J connectivity index is 1.65. The van der Waals surface area contributed by atoms with E-state index in [0.29, 0.717) is 26.2 Å². The molecule has 24 heavy (non-hydrogen) atoms. The average molecular weight is 334 g/mol. The van der Waals surface area contributed by atoms with Crippen molar-refractivity contribution in [3.63, 3.8) is 0 Å². The number of benzene rings is 1. The van der Waals surface area contributed by atoms with Gasteiger partial charge in [-0.05, 0) is 57.4 Å². The number of esters is 1. The Bertz CT molecular complexity index is 586. The minimum atomic E-state index is -0.464. The Kier molecular flexibility index (Phi) is 6.37. The van der Waals surface area contributed by atoms with E-state index in [4.69, 9.17) is 14.2 Å². The highest BCUT2D eigenvalue weighted by Crippen LogP contribution is 2.25. The van der Waals surface area contributed by atoms with E-state index in [2.05, 4.69) is 0 Å². The van der Waals surface area contributed by atoms with E-state index in [0.717, 1.165) is 29.7 Å². The molecule has 1 aromatic carbocycles. The van der Waals surface area contributed by atoms with Crippen LogP contribution in [-0.2, 0) is 20.7 Å². The van der Waals surface area contributed by atoms with E-state index >= 15 is 0 Å². The van der Waals surface area contributed by atoms with Crippen LogP contribution in [0.5, 0.6) is 5.75 Å². The number of fused-ring (bicyclic) bond motifs is 1. The van der Waals surface area contributed by atoms with E-state index in [1.807, 2.05) is 39.0 Å². The van der Waals surface area contributed by atoms with Gasteiger partial charge in [-0.1, -0.05) is 0 Å². The van der Waals surface area contributed by atoms with E-state index in [9.17, 15) is 9.59 Å². The first-order chi connectivity index (χ1) is 11.3. The zero-order valence-electron chi connectivity index (χ0n) is 14.7. The number of rotatable bonds is 7. The van der Waals surface area contributed by atoms with Gasteiger partial charge in [0, 0.05) is 12.0 Å². The number of Topliss-reactive ketones (excluding diaryl/α,β-unsaturated/α-hetero) is 1. The topological polar surface area (TPSA) is 61.8 Å². The van der Waals surface area contributed by atoms with Gasteiger partial charge in [0.05, 0.1) is 19.6 Å². The van der Waals surface area contributed by atoms with Crippen LogP contribution in [0.1, 0.15) is 56.0 Å². The monoisotopic (exact) mass is 334 g/mol. The van der Waals surface area contributed by atoms with E-state index in [1.165, 1.54) is 0 Å². The molecular weight excluding hydrogens is 308 g/mol. The van der Waals surface area contributed by atoms with Gasteiger partial charge in [-0.15, -0.1) is 0 Å². The Labute approximate surface area is 143 Å². The lowest BCUT2D eigenvalue weighted by molar-refractivity contribution is -0.156. The standard InChI is InChI=1S/C19H26O5/c1-19(2,3)24-18(21)9-10-22-11-12-23-15-7-8-16-14(13-15)5-4-6-17(16)20/h7-8,13H,4-6,9-12H2,1-3H3. The van der Waals surface area contributed by atoms with Crippen LogP contribution in [0.2, 0.25) is 0 Å². The molecule has 2 rings (SSSR count). The molecule has 1 aliphatic rings. The van der Waals surface area contributed by atoms with Gasteiger partial charge in [-0.3, -0.25) is 9.59 Å². The Morgan fingerprint density at radius 2 is 1.92 bits per heavy atom. The second kappa shape index (κ2) is 8.29. The van der Waals surface area contributed by atoms with Crippen LogP contribution in [-0.4, -0.2) is 37.2 Å². The van der Waals surface area contributed by atoms with E-state index < -0.39 is 5.60 Å². The van der Waals surface area contributed by atoms with Gasteiger partial charge in [-0.2, -0.15) is 0 Å². The van der Waals surface area contributed by atoms with Crippen LogP contribution >= 0.6 is 0 Å². The molecule has 0 aromatic heterocycles. The number of hydrogen-bond acceptors (Lipinski definition) is 5. The van der Waals surface area contributed by atoms with Crippen LogP contribution in [0, 0.1) is 0 Å². The van der Waals surface area contributed by atoms with Crippen molar-refractivity contribution in [2.24, 2.45) is 0 Å². The molecule has 0 N–H and O–H groups in total. The highest BCUT2D eigenvalue weighted by atomic mass is 16.6. The maximum absolute atomic E-state index is 11.8. The lowest BCUT2D eigenvalue weighted by atomic mass is 9.91. The summed E-state index contributed by atoms with van der Waals surface area (Å²) in [5.41, 5.74) is 1.42. The number of carbonyl (C=O) groups excluding carboxylic acids is 2. The van der Waals surface area contributed by atoms with Crippen LogP contribution in [0.15, 0.2) is 18.2 Å². The molecule has 0 spiro atoms. The second-order valence-electron chi connectivity index (χ2n) is 6.89. The molecule has 0 atom stereocenters. The molecule has 0 radical (unpaired) electrons. The zero-order chi connectivity index (χ0) is 17.6. The lowest BCUT2D eigenvalue weighted by Gasteiger charge is -2.19. The largest absolute Gasteiger partial charge is 0.491 e. The molecule has 0 amide bonds. The fourth-order valence-corrected chi connectivity index (χ4v) is 2.58. The van der Waals surface area contributed by atoms with Crippen molar-refractivity contribution in [2.45, 2.75) is 52.1 Å². The summed E-state index contributed by atoms with van der Waals surface area (Å²) in [6.07, 6.45) is 2.70. The summed E-state index contributed by atoms with van der Waals surface area (Å²) in [4.78, 5) is 23.3. The fourth-order valence-electron chi connectivity index (χ4n) is 2.58. The number of hydrogen-bond donors (Lipinski definition) is 0. The maximum Gasteiger partial charge on any atom is 0.308 e. The van der Waals surface area contributed by atoms with Gasteiger partial charge in [0.2, 0.25) is 0 Å². The third-order valence-electron chi connectivity index (χ3n) is 3.59. The van der Waals surface area contributed by atoms with Gasteiger partial charge in [0.25, 0.3) is 0 Å². The molecule has 1 aromatic rings. The molecule has 5 nitrogen and oxygen atoms in total. The van der Waals surface area contributed by atoms with Crippen LogP contribution in [0.25, 0.3) is 0 Å². The first-order valence-electron chi connectivity index (χ1n) is 8.44. The summed E-state index contributed by atoms with van der Waals surface area (Å²) < 4.78 is 16.2. The minimum absolute atomic E-state index is 0.216. The quantitative estimate of drug-likeness (QED) is 0.565. The van der Waals surface area contributed by atoms with Crippen molar-refractivity contribution >= 4 is 11.8 Å². The minimum Gasteiger partial charge on any atom is -0.491 e. The maximum atomic E-state index is 11.8. The molecule has 0 fully saturated rings. The van der Waals surface area contributed by atoms with Gasteiger partial charge in [0.15, 0.2) is 5.78 Å². The number of carbonyl (C=O) groups is 2. The normalized spacial score (nSPS) is 14.2. The van der Waals surface area contributed by atoms with Crippen LogP contribution in [0.4, 0.5) is 0 Å². The van der Waals surface area contributed by atoms with Crippen molar-refractivity contribution in [3.8, 4) is 5.75 Å². The fraction of sp³-hybridized carbons (Fsp3) is 0.579. The van der Waals surface area contributed by atoms with E-state index in [-0.39, 0.29) is 18.2 Å². The molecule has 0 unspecified atom stereocenters. The van der Waals surface area contributed by atoms with Crippen molar-refractivity contribution in [2.75, 3.05) is 19.8 Å². The van der Waals surface area contributed by atoms with Gasteiger partial charge in [-0.25, -0.2) is 0 Å². The van der Waals surface area contributed by atoms with Gasteiger partial charge in [0.1, 0.15) is 18.0 Å². The number of aryl methyl sites for hydroxylation is 1. The number of ether oxygens (including phenoxy) is 3.